The molecule has 2 aromatic rings. The van der Waals surface area contributed by atoms with Crippen LogP contribution in [0.1, 0.15) is 48.7 Å². The molecule has 2 atom stereocenters. The molecular weight excluding hydrogens is 380 g/mol. The first-order chi connectivity index (χ1) is 13.4. The van der Waals surface area contributed by atoms with Crippen LogP contribution in [-0.2, 0) is 9.53 Å². The molecule has 1 fully saturated rings. The number of carbonyl (C=O) groups excluding carboxylic acids is 2. The average molecular weight is 399 g/mol. The lowest BCUT2D eigenvalue weighted by atomic mass is 9.68. The van der Waals surface area contributed by atoms with Crippen LogP contribution in [0.15, 0.2) is 63.5 Å². The minimum Gasteiger partial charge on any atom is -0.472 e. The second-order valence-corrected chi connectivity index (χ2v) is 7.71. The predicted molar refractivity (Wildman–Crippen MR) is 104 cm³/mol. The Bertz CT molecular complexity index is 1010. The zero-order chi connectivity index (χ0) is 19.9. The molecule has 1 saturated heterocycles. The number of fused-ring (bicyclic) bond motifs is 1. The maximum absolute atomic E-state index is 12.6. The van der Waals surface area contributed by atoms with Crippen LogP contribution >= 0.6 is 11.6 Å². The second-order valence-electron chi connectivity index (χ2n) is 7.27. The van der Waals surface area contributed by atoms with Crippen LogP contribution in [0.2, 0.25) is 5.02 Å². The lowest BCUT2D eigenvalue weighted by Gasteiger charge is -2.33. The van der Waals surface area contributed by atoms with Crippen molar-refractivity contribution in [1.82, 2.24) is 5.43 Å². The fourth-order valence-electron chi connectivity index (χ4n) is 4.02. The van der Waals surface area contributed by atoms with Crippen molar-refractivity contribution >= 4 is 29.2 Å². The summed E-state index contributed by atoms with van der Waals surface area (Å²) in [5.74, 6) is -0.703. The summed E-state index contributed by atoms with van der Waals surface area (Å²) in [4.78, 5) is 24.9. The van der Waals surface area contributed by atoms with E-state index in [1.165, 1.54) is 0 Å². The van der Waals surface area contributed by atoms with Gasteiger partial charge in [0, 0.05) is 21.6 Å². The molecule has 1 N–H and O–H groups in total. The number of carbonyl (C=O) groups is 2. The molecule has 1 aliphatic heterocycles. The quantitative estimate of drug-likeness (QED) is 0.612. The normalized spacial score (nSPS) is 25.6. The summed E-state index contributed by atoms with van der Waals surface area (Å²) in [6.07, 6.45) is 4.09. The molecule has 0 bridgehead atoms. The Morgan fingerprint density at radius 3 is 2.89 bits per heavy atom. The number of ether oxygens (including phenoxy) is 1. The van der Waals surface area contributed by atoms with Crippen LogP contribution in [0, 0.1) is 5.41 Å². The number of furan rings is 1. The van der Waals surface area contributed by atoms with Gasteiger partial charge in [0.1, 0.15) is 6.10 Å². The van der Waals surface area contributed by atoms with Crippen LogP contribution in [0.25, 0.3) is 0 Å². The molecule has 1 aromatic heterocycles. The van der Waals surface area contributed by atoms with Gasteiger partial charge in [0.05, 0.1) is 23.8 Å². The summed E-state index contributed by atoms with van der Waals surface area (Å²) in [7, 11) is 0. The number of nitrogens with one attached hydrogen (secondary N) is 1. The van der Waals surface area contributed by atoms with Crippen LogP contribution in [-0.4, -0.2) is 17.6 Å². The maximum Gasteiger partial charge on any atom is 0.335 e. The van der Waals surface area contributed by atoms with Crippen molar-refractivity contribution in [2.24, 2.45) is 10.5 Å². The Balaban J connectivity index is 1.61. The molecule has 0 unspecified atom stereocenters. The van der Waals surface area contributed by atoms with Crippen molar-refractivity contribution in [2.45, 2.75) is 32.8 Å². The highest BCUT2D eigenvalue weighted by Gasteiger charge is 2.53. The van der Waals surface area contributed by atoms with Gasteiger partial charge >= 0.3 is 5.97 Å². The number of hydrogen-bond acceptors (Lipinski definition) is 5. The standard InChI is InChI=1S/C21H19ClN2O4/c1-12-16(23-24-19(25)13-4-3-5-15(22)10-13)6-8-21(2)17(12)20(26)28-18(21)14-7-9-27-11-14/h3-5,7,9-11,18H,6,8H2,1-2H3,(H,24,25)/b23-16+/t18-,21+/m0/s1. The summed E-state index contributed by atoms with van der Waals surface area (Å²) in [6, 6.07) is 8.45. The number of cyclic esters (lactones) is 1. The molecule has 2 aliphatic rings. The van der Waals surface area contributed by atoms with Gasteiger partial charge in [-0.05, 0) is 49.6 Å². The predicted octanol–water partition coefficient (Wildman–Crippen LogP) is 4.43. The molecule has 144 valence electrons. The van der Waals surface area contributed by atoms with E-state index in [9.17, 15) is 9.59 Å². The molecule has 7 heteroatoms. The Morgan fingerprint density at radius 1 is 1.36 bits per heavy atom. The molecule has 28 heavy (non-hydrogen) atoms. The van der Waals surface area contributed by atoms with Crippen LogP contribution < -0.4 is 5.43 Å². The highest BCUT2D eigenvalue weighted by molar-refractivity contribution is 6.31. The van der Waals surface area contributed by atoms with Gasteiger partial charge in [-0.2, -0.15) is 5.10 Å². The molecule has 1 aromatic carbocycles. The van der Waals surface area contributed by atoms with E-state index in [2.05, 4.69) is 10.5 Å². The Hall–Kier alpha value is -2.86. The first-order valence-corrected chi connectivity index (χ1v) is 9.35. The number of allylic oxidation sites excluding steroid dienone is 1. The SMILES string of the molecule is CC1=C2C(=O)O[C@@H](c3ccoc3)[C@]2(C)CC/C1=N\NC(=O)c1cccc(Cl)c1. The van der Waals surface area contributed by atoms with Crippen LogP contribution in [0.4, 0.5) is 0 Å². The Kier molecular flexibility index (Phi) is 4.59. The number of amides is 1. The van der Waals surface area contributed by atoms with Gasteiger partial charge in [0.2, 0.25) is 0 Å². The molecule has 0 radical (unpaired) electrons. The van der Waals surface area contributed by atoms with Crippen molar-refractivity contribution < 1.29 is 18.7 Å². The van der Waals surface area contributed by atoms with Crippen molar-refractivity contribution in [3.8, 4) is 0 Å². The summed E-state index contributed by atoms with van der Waals surface area (Å²) in [5.41, 5.74) is 5.40. The fourth-order valence-corrected chi connectivity index (χ4v) is 4.21. The van der Waals surface area contributed by atoms with Crippen molar-refractivity contribution in [2.75, 3.05) is 0 Å². The average Bonchev–Trinajstić information content (AvgIpc) is 3.27. The monoisotopic (exact) mass is 398 g/mol. The van der Waals surface area contributed by atoms with Crippen LogP contribution in [0.5, 0.6) is 0 Å². The van der Waals surface area contributed by atoms with E-state index in [0.29, 0.717) is 34.7 Å². The fraction of sp³-hybridized carbons (Fsp3) is 0.286. The van der Waals surface area contributed by atoms with Gasteiger partial charge < -0.3 is 9.15 Å². The molecule has 2 heterocycles. The van der Waals surface area contributed by atoms with Gasteiger partial charge in [0.25, 0.3) is 5.91 Å². The van der Waals surface area contributed by atoms with Gasteiger partial charge in [-0.15, -0.1) is 0 Å². The van der Waals surface area contributed by atoms with E-state index in [-0.39, 0.29) is 18.0 Å². The third-order valence-corrected chi connectivity index (χ3v) is 5.73. The summed E-state index contributed by atoms with van der Waals surface area (Å²) >= 11 is 5.93. The van der Waals surface area contributed by atoms with Crippen molar-refractivity contribution in [3.63, 3.8) is 0 Å². The second kappa shape index (κ2) is 6.95. The lowest BCUT2D eigenvalue weighted by molar-refractivity contribution is -0.140. The van der Waals surface area contributed by atoms with E-state index in [4.69, 9.17) is 20.8 Å². The smallest absolute Gasteiger partial charge is 0.335 e. The molecule has 1 amide bonds. The molecule has 6 nitrogen and oxygen atoms in total. The Labute approximate surface area is 167 Å². The van der Waals surface area contributed by atoms with E-state index in [1.54, 1.807) is 36.8 Å². The number of halogens is 1. The van der Waals surface area contributed by atoms with Gasteiger partial charge in [0.15, 0.2) is 0 Å². The van der Waals surface area contributed by atoms with Crippen molar-refractivity contribution in [3.05, 3.63) is 70.2 Å². The Morgan fingerprint density at radius 2 is 2.18 bits per heavy atom. The van der Waals surface area contributed by atoms with Gasteiger partial charge in [-0.25, -0.2) is 10.2 Å². The lowest BCUT2D eigenvalue weighted by Crippen LogP contribution is -2.31. The van der Waals surface area contributed by atoms with Gasteiger partial charge in [-0.1, -0.05) is 24.6 Å². The zero-order valence-electron chi connectivity index (χ0n) is 15.5. The third-order valence-electron chi connectivity index (χ3n) is 5.49. The van der Waals surface area contributed by atoms with Gasteiger partial charge in [-0.3, -0.25) is 4.79 Å². The van der Waals surface area contributed by atoms with E-state index in [1.807, 2.05) is 19.9 Å². The van der Waals surface area contributed by atoms with Crippen LogP contribution in [0.3, 0.4) is 0 Å². The molecular formula is C21H19ClN2O4. The summed E-state index contributed by atoms with van der Waals surface area (Å²) in [6.45, 7) is 3.87. The number of esters is 1. The molecule has 0 saturated carbocycles. The highest BCUT2D eigenvalue weighted by Crippen LogP contribution is 2.55. The first-order valence-electron chi connectivity index (χ1n) is 8.97. The minimum atomic E-state index is -0.457. The largest absolute Gasteiger partial charge is 0.472 e. The van der Waals surface area contributed by atoms with E-state index in [0.717, 1.165) is 11.1 Å². The number of benzene rings is 1. The van der Waals surface area contributed by atoms with Crippen molar-refractivity contribution in [1.29, 1.82) is 0 Å². The minimum absolute atomic E-state index is 0.347. The topological polar surface area (TPSA) is 80.9 Å². The zero-order valence-corrected chi connectivity index (χ0v) is 16.2. The highest BCUT2D eigenvalue weighted by atomic mass is 35.5. The summed E-state index contributed by atoms with van der Waals surface area (Å²) in [5, 5.41) is 4.75. The van der Waals surface area contributed by atoms with E-state index >= 15 is 0 Å². The first kappa shape index (κ1) is 18.5. The number of nitrogens with zero attached hydrogens (tertiary/aromatic N) is 1. The molecule has 0 spiro atoms. The molecule has 1 aliphatic carbocycles. The number of hydrogen-bond donors (Lipinski definition) is 1. The summed E-state index contributed by atoms with van der Waals surface area (Å²) < 4.78 is 10.8. The number of rotatable bonds is 3. The molecule has 4 rings (SSSR count). The maximum atomic E-state index is 12.6. The third kappa shape index (κ3) is 3.03. The van der Waals surface area contributed by atoms with E-state index < -0.39 is 5.41 Å². The number of hydrazone groups is 1.